The fourth-order valence-corrected chi connectivity index (χ4v) is 1.68. The smallest absolute Gasteiger partial charge is 0.128 e. The van der Waals surface area contributed by atoms with Crippen LogP contribution in [-0.4, -0.2) is 19.5 Å². The van der Waals surface area contributed by atoms with Gasteiger partial charge in [0.15, 0.2) is 0 Å². The van der Waals surface area contributed by atoms with Crippen LogP contribution in [-0.2, 0) is 9.53 Å². The van der Waals surface area contributed by atoms with Crippen LogP contribution in [0.15, 0.2) is 12.7 Å². The highest BCUT2D eigenvalue weighted by Crippen LogP contribution is 2.36. The number of hydrogen-bond acceptors (Lipinski definition) is 2. The van der Waals surface area contributed by atoms with Crippen molar-refractivity contribution in [1.29, 1.82) is 0 Å². The maximum absolute atomic E-state index is 10.9. The van der Waals surface area contributed by atoms with Gasteiger partial charge in [-0.25, -0.2) is 0 Å². The SMILES string of the molecule is C=CCC(C)C1(C=O)CCOC1. The second-order valence-electron chi connectivity index (χ2n) is 3.58. The molecular weight excluding hydrogens is 152 g/mol. The Morgan fingerprint density at radius 3 is 2.92 bits per heavy atom. The lowest BCUT2D eigenvalue weighted by atomic mass is 9.75. The molecule has 1 aliphatic heterocycles. The Morgan fingerprint density at radius 2 is 2.50 bits per heavy atom. The van der Waals surface area contributed by atoms with Gasteiger partial charge < -0.3 is 9.53 Å². The molecule has 0 aromatic heterocycles. The van der Waals surface area contributed by atoms with Gasteiger partial charge in [0.1, 0.15) is 6.29 Å². The van der Waals surface area contributed by atoms with Crippen LogP contribution < -0.4 is 0 Å². The summed E-state index contributed by atoms with van der Waals surface area (Å²) in [6, 6.07) is 0. The molecule has 1 saturated heterocycles. The van der Waals surface area contributed by atoms with E-state index in [1.807, 2.05) is 6.08 Å². The summed E-state index contributed by atoms with van der Waals surface area (Å²) in [7, 11) is 0. The van der Waals surface area contributed by atoms with Crippen molar-refractivity contribution in [3.63, 3.8) is 0 Å². The summed E-state index contributed by atoms with van der Waals surface area (Å²) in [5.41, 5.74) is -0.228. The van der Waals surface area contributed by atoms with Crippen LogP contribution in [0.1, 0.15) is 19.8 Å². The molecule has 0 aromatic carbocycles. The van der Waals surface area contributed by atoms with Crippen LogP contribution in [0.3, 0.4) is 0 Å². The van der Waals surface area contributed by atoms with Crippen LogP contribution in [0.25, 0.3) is 0 Å². The quantitative estimate of drug-likeness (QED) is 0.472. The Labute approximate surface area is 73.6 Å². The van der Waals surface area contributed by atoms with Crippen molar-refractivity contribution in [3.05, 3.63) is 12.7 Å². The molecular formula is C10H16O2. The zero-order valence-corrected chi connectivity index (χ0v) is 7.58. The first-order valence-electron chi connectivity index (χ1n) is 4.40. The molecule has 1 fully saturated rings. The highest BCUT2D eigenvalue weighted by Gasteiger charge is 2.39. The molecule has 2 unspecified atom stereocenters. The Kier molecular flexibility index (Phi) is 3.04. The molecule has 12 heavy (non-hydrogen) atoms. The van der Waals surface area contributed by atoms with Gasteiger partial charge in [-0.2, -0.15) is 0 Å². The Morgan fingerprint density at radius 1 is 1.75 bits per heavy atom. The van der Waals surface area contributed by atoms with E-state index < -0.39 is 0 Å². The lowest BCUT2D eigenvalue weighted by Crippen LogP contribution is -2.30. The van der Waals surface area contributed by atoms with E-state index in [-0.39, 0.29) is 5.41 Å². The molecule has 68 valence electrons. The van der Waals surface area contributed by atoms with Gasteiger partial charge in [-0.15, -0.1) is 6.58 Å². The van der Waals surface area contributed by atoms with E-state index in [1.165, 1.54) is 0 Å². The third kappa shape index (κ3) is 1.58. The van der Waals surface area contributed by atoms with Crippen molar-refractivity contribution in [2.75, 3.05) is 13.2 Å². The molecule has 0 amide bonds. The average molecular weight is 168 g/mol. The molecule has 0 spiro atoms. The molecule has 0 N–H and O–H groups in total. The average Bonchev–Trinajstić information content (AvgIpc) is 2.54. The number of hydrogen-bond donors (Lipinski definition) is 0. The van der Waals surface area contributed by atoms with Gasteiger partial charge in [0.25, 0.3) is 0 Å². The summed E-state index contributed by atoms with van der Waals surface area (Å²) < 4.78 is 5.25. The molecule has 0 aromatic rings. The lowest BCUT2D eigenvalue weighted by molar-refractivity contribution is -0.118. The van der Waals surface area contributed by atoms with Gasteiger partial charge in [0, 0.05) is 6.61 Å². The predicted octanol–water partition coefficient (Wildman–Crippen LogP) is 1.80. The molecule has 0 aliphatic carbocycles. The second-order valence-corrected chi connectivity index (χ2v) is 3.58. The number of carbonyl (C=O) groups is 1. The predicted molar refractivity (Wildman–Crippen MR) is 47.9 cm³/mol. The van der Waals surface area contributed by atoms with Gasteiger partial charge in [-0.3, -0.25) is 0 Å². The Balaban J connectivity index is 2.64. The number of ether oxygens (including phenoxy) is 1. The van der Waals surface area contributed by atoms with Crippen LogP contribution in [0.5, 0.6) is 0 Å². The third-order valence-electron chi connectivity index (χ3n) is 2.82. The first-order chi connectivity index (χ1) is 5.75. The summed E-state index contributed by atoms with van der Waals surface area (Å²) in [5, 5.41) is 0. The van der Waals surface area contributed by atoms with Crippen molar-refractivity contribution in [1.82, 2.24) is 0 Å². The fraction of sp³-hybridized carbons (Fsp3) is 0.700. The Hall–Kier alpha value is -0.630. The van der Waals surface area contributed by atoms with Crippen LogP contribution >= 0.6 is 0 Å². The highest BCUT2D eigenvalue weighted by molar-refractivity contribution is 5.60. The molecule has 1 heterocycles. The molecule has 1 aliphatic rings. The van der Waals surface area contributed by atoms with Gasteiger partial charge in [0.05, 0.1) is 12.0 Å². The number of allylic oxidation sites excluding steroid dienone is 1. The van der Waals surface area contributed by atoms with E-state index in [0.29, 0.717) is 12.5 Å². The van der Waals surface area contributed by atoms with Crippen molar-refractivity contribution in [3.8, 4) is 0 Å². The zero-order chi connectivity index (χ0) is 9.03. The maximum Gasteiger partial charge on any atom is 0.128 e. The monoisotopic (exact) mass is 168 g/mol. The second kappa shape index (κ2) is 3.85. The van der Waals surface area contributed by atoms with Crippen molar-refractivity contribution >= 4 is 6.29 Å². The highest BCUT2D eigenvalue weighted by atomic mass is 16.5. The zero-order valence-electron chi connectivity index (χ0n) is 7.58. The molecule has 2 heteroatoms. The van der Waals surface area contributed by atoms with E-state index in [2.05, 4.69) is 13.5 Å². The van der Waals surface area contributed by atoms with Crippen LogP contribution in [0, 0.1) is 11.3 Å². The lowest BCUT2D eigenvalue weighted by Gasteiger charge is -2.26. The number of aldehydes is 1. The van der Waals surface area contributed by atoms with E-state index in [1.54, 1.807) is 0 Å². The van der Waals surface area contributed by atoms with Crippen LogP contribution in [0.4, 0.5) is 0 Å². The minimum Gasteiger partial charge on any atom is -0.380 e. The summed E-state index contributed by atoms with van der Waals surface area (Å²) in [6.45, 7) is 7.08. The first-order valence-corrected chi connectivity index (χ1v) is 4.40. The maximum atomic E-state index is 10.9. The van der Waals surface area contributed by atoms with E-state index in [9.17, 15) is 4.79 Å². The molecule has 0 radical (unpaired) electrons. The standard InChI is InChI=1S/C10H16O2/c1-3-4-9(2)10(7-11)5-6-12-8-10/h3,7,9H,1,4-6,8H2,2H3. The van der Waals surface area contributed by atoms with Crippen LogP contribution in [0.2, 0.25) is 0 Å². The normalized spacial score (nSPS) is 31.4. The van der Waals surface area contributed by atoms with Gasteiger partial charge in [-0.05, 0) is 18.8 Å². The minimum atomic E-state index is -0.228. The van der Waals surface area contributed by atoms with Crippen molar-refractivity contribution in [2.45, 2.75) is 19.8 Å². The molecule has 2 nitrogen and oxygen atoms in total. The topological polar surface area (TPSA) is 26.3 Å². The fourth-order valence-electron chi connectivity index (χ4n) is 1.68. The van der Waals surface area contributed by atoms with Crippen molar-refractivity contribution in [2.24, 2.45) is 11.3 Å². The molecule has 0 saturated carbocycles. The number of carbonyl (C=O) groups excluding carboxylic acids is 1. The van der Waals surface area contributed by atoms with E-state index >= 15 is 0 Å². The van der Waals surface area contributed by atoms with Gasteiger partial charge in [-0.1, -0.05) is 13.0 Å². The molecule has 1 rings (SSSR count). The summed E-state index contributed by atoms with van der Waals surface area (Å²) >= 11 is 0. The van der Waals surface area contributed by atoms with E-state index in [0.717, 1.165) is 25.7 Å². The number of rotatable bonds is 4. The Bertz CT molecular complexity index is 169. The summed E-state index contributed by atoms with van der Waals surface area (Å²) in [4.78, 5) is 10.9. The van der Waals surface area contributed by atoms with Gasteiger partial charge in [0.2, 0.25) is 0 Å². The van der Waals surface area contributed by atoms with Gasteiger partial charge >= 0.3 is 0 Å². The van der Waals surface area contributed by atoms with Crippen molar-refractivity contribution < 1.29 is 9.53 Å². The van der Waals surface area contributed by atoms with E-state index in [4.69, 9.17) is 4.74 Å². The third-order valence-corrected chi connectivity index (χ3v) is 2.82. The molecule has 2 atom stereocenters. The molecule has 0 bridgehead atoms. The summed E-state index contributed by atoms with van der Waals surface area (Å²) in [5.74, 6) is 0.356. The largest absolute Gasteiger partial charge is 0.380 e. The minimum absolute atomic E-state index is 0.228. The first kappa shape index (κ1) is 9.46. The summed E-state index contributed by atoms with van der Waals surface area (Å²) in [6.07, 6.45) is 4.69.